The van der Waals surface area contributed by atoms with Crippen molar-refractivity contribution in [2.45, 2.75) is 32.0 Å². The first-order valence-electron chi connectivity index (χ1n) is 5.86. The molecule has 90 valence electrons. The quantitative estimate of drug-likeness (QED) is 0.762. The summed E-state index contributed by atoms with van der Waals surface area (Å²) in [7, 11) is 0. The molecular weight excluding hydrogens is 232 g/mol. The van der Waals surface area contributed by atoms with E-state index < -0.39 is 0 Å². The van der Waals surface area contributed by atoms with Crippen LogP contribution in [0.5, 0.6) is 0 Å². The lowest BCUT2D eigenvalue weighted by Gasteiger charge is -2.04. The number of imidazole rings is 1. The van der Waals surface area contributed by atoms with E-state index in [4.69, 9.17) is 0 Å². The Kier molecular flexibility index (Phi) is 3.84. The van der Waals surface area contributed by atoms with Crippen LogP contribution in [0.1, 0.15) is 20.3 Å². The van der Waals surface area contributed by atoms with Crippen molar-refractivity contribution in [1.82, 2.24) is 9.55 Å². The lowest BCUT2D eigenvalue weighted by atomic mass is 10.3. The van der Waals surface area contributed by atoms with Gasteiger partial charge in [-0.2, -0.15) is 0 Å². The lowest BCUT2D eigenvalue weighted by molar-refractivity contribution is -0.116. The molecule has 0 saturated carbocycles. The maximum Gasteiger partial charge on any atom is 0.169 e. The summed E-state index contributed by atoms with van der Waals surface area (Å²) in [6.07, 6.45) is 0.597. The van der Waals surface area contributed by atoms with Crippen LogP contribution in [-0.2, 0) is 11.3 Å². The van der Waals surface area contributed by atoms with E-state index >= 15 is 0 Å². The van der Waals surface area contributed by atoms with Crippen LogP contribution in [0.3, 0.4) is 0 Å². The van der Waals surface area contributed by atoms with Crippen molar-refractivity contribution >= 4 is 28.6 Å². The van der Waals surface area contributed by atoms with Gasteiger partial charge in [0.2, 0.25) is 0 Å². The molecule has 0 aliphatic carbocycles. The molecule has 2 aromatic rings. The third-order valence-electron chi connectivity index (χ3n) is 2.69. The molecule has 1 heterocycles. The molecule has 0 spiro atoms. The number of benzene rings is 1. The van der Waals surface area contributed by atoms with Gasteiger partial charge in [0.25, 0.3) is 0 Å². The average molecular weight is 248 g/mol. The van der Waals surface area contributed by atoms with Crippen molar-refractivity contribution in [1.29, 1.82) is 0 Å². The molecule has 2 rings (SSSR count). The molecule has 4 heteroatoms. The van der Waals surface area contributed by atoms with Gasteiger partial charge in [0.1, 0.15) is 5.78 Å². The van der Waals surface area contributed by atoms with Crippen molar-refractivity contribution in [2.24, 2.45) is 0 Å². The number of carbonyl (C=O) groups is 1. The summed E-state index contributed by atoms with van der Waals surface area (Å²) >= 11 is 1.53. The molecule has 0 N–H and O–H groups in total. The summed E-state index contributed by atoms with van der Waals surface area (Å²) in [6, 6.07) is 8.08. The van der Waals surface area contributed by atoms with E-state index in [1.807, 2.05) is 25.1 Å². The molecule has 0 radical (unpaired) electrons. The van der Waals surface area contributed by atoms with E-state index in [-0.39, 0.29) is 5.78 Å². The number of thioether (sulfide) groups is 1. The third kappa shape index (κ3) is 2.52. The number of aryl methyl sites for hydroxylation is 1. The first-order valence-corrected chi connectivity index (χ1v) is 6.84. The fraction of sp³-hybridized carbons (Fsp3) is 0.385. The van der Waals surface area contributed by atoms with Gasteiger partial charge in [0.15, 0.2) is 5.16 Å². The van der Waals surface area contributed by atoms with Crippen LogP contribution in [0.25, 0.3) is 11.0 Å². The van der Waals surface area contributed by atoms with Gasteiger partial charge in [-0.1, -0.05) is 30.8 Å². The number of ketones is 1. The molecule has 0 amide bonds. The Labute approximate surface area is 105 Å². The van der Waals surface area contributed by atoms with E-state index in [1.165, 1.54) is 11.8 Å². The summed E-state index contributed by atoms with van der Waals surface area (Å²) in [5.41, 5.74) is 2.14. The second kappa shape index (κ2) is 5.36. The van der Waals surface area contributed by atoms with E-state index in [0.717, 1.165) is 22.7 Å². The molecule has 1 aromatic carbocycles. The molecular formula is C13H16N2OS. The molecule has 0 bridgehead atoms. The number of hydrogen-bond acceptors (Lipinski definition) is 3. The minimum absolute atomic E-state index is 0.268. The number of fused-ring (bicyclic) bond motifs is 1. The summed E-state index contributed by atoms with van der Waals surface area (Å²) in [5.74, 6) is 0.782. The topological polar surface area (TPSA) is 34.9 Å². The van der Waals surface area contributed by atoms with Gasteiger partial charge in [-0.15, -0.1) is 0 Å². The summed E-state index contributed by atoms with van der Waals surface area (Å²) in [6.45, 7) is 4.87. The van der Waals surface area contributed by atoms with Crippen LogP contribution in [0.15, 0.2) is 29.4 Å². The SMILES string of the molecule is CCC(=O)CSc1nc2ccccc2n1CC. The van der Waals surface area contributed by atoms with Crippen LogP contribution in [0.2, 0.25) is 0 Å². The highest BCUT2D eigenvalue weighted by molar-refractivity contribution is 7.99. The molecule has 17 heavy (non-hydrogen) atoms. The normalized spacial score (nSPS) is 10.9. The number of aromatic nitrogens is 2. The smallest absolute Gasteiger partial charge is 0.169 e. The van der Waals surface area contributed by atoms with E-state index in [9.17, 15) is 4.79 Å². The Morgan fingerprint density at radius 1 is 1.35 bits per heavy atom. The summed E-state index contributed by atoms with van der Waals surface area (Å²) in [4.78, 5) is 15.9. The second-order valence-corrected chi connectivity index (χ2v) is 4.75. The number of carbonyl (C=O) groups excluding carboxylic acids is 1. The van der Waals surface area contributed by atoms with Gasteiger partial charge in [-0.25, -0.2) is 4.98 Å². The molecule has 0 fully saturated rings. The van der Waals surface area contributed by atoms with Crippen LogP contribution in [-0.4, -0.2) is 21.1 Å². The summed E-state index contributed by atoms with van der Waals surface area (Å²) < 4.78 is 2.16. The minimum Gasteiger partial charge on any atom is -0.319 e. The lowest BCUT2D eigenvalue weighted by Crippen LogP contribution is -2.02. The van der Waals surface area contributed by atoms with E-state index in [2.05, 4.69) is 22.5 Å². The molecule has 3 nitrogen and oxygen atoms in total. The van der Waals surface area contributed by atoms with Gasteiger partial charge >= 0.3 is 0 Å². The Morgan fingerprint density at radius 3 is 2.82 bits per heavy atom. The molecule has 0 aliphatic rings. The first kappa shape index (κ1) is 12.2. The zero-order chi connectivity index (χ0) is 12.3. The average Bonchev–Trinajstić information content (AvgIpc) is 2.73. The highest BCUT2D eigenvalue weighted by atomic mass is 32.2. The highest BCUT2D eigenvalue weighted by Crippen LogP contribution is 2.23. The molecule has 0 atom stereocenters. The Hall–Kier alpha value is -1.29. The largest absolute Gasteiger partial charge is 0.319 e. The van der Waals surface area contributed by atoms with Crippen LogP contribution < -0.4 is 0 Å². The van der Waals surface area contributed by atoms with Crippen molar-refractivity contribution in [2.75, 3.05) is 5.75 Å². The fourth-order valence-corrected chi connectivity index (χ4v) is 2.76. The van der Waals surface area contributed by atoms with Gasteiger partial charge in [-0.3, -0.25) is 4.79 Å². The third-order valence-corrected chi connectivity index (χ3v) is 3.73. The number of nitrogens with zero attached hydrogens (tertiary/aromatic N) is 2. The maximum atomic E-state index is 11.3. The zero-order valence-corrected chi connectivity index (χ0v) is 11.0. The van der Waals surface area contributed by atoms with Crippen molar-refractivity contribution < 1.29 is 4.79 Å². The molecule has 0 saturated heterocycles. The Morgan fingerprint density at radius 2 is 2.12 bits per heavy atom. The highest BCUT2D eigenvalue weighted by Gasteiger charge is 2.10. The van der Waals surface area contributed by atoms with Crippen molar-refractivity contribution in [3.63, 3.8) is 0 Å². The van der Waals surface area contributed by atoms with Crippen LogP contribution >= 0.6 is 11.8 Å². The molecule has 0 unspecified atom stereocenters. The Bertz CT molecular complexity index is 533. The predicted molar refractivity (Wildman–Crippen MR) is 71.4 cm³/mol. The maximum absolute atomic E-state index is 11.3. The van der Waals surface area contributed by atoms with Crippen molar-refractivity contribution in [3.8, 4) is 0 Å². The van der Waals surface area contributed by atoms with Gasteiger partial charge in [-0.05, 0) is 19.1 Å². The predicted octanol–water partition coefficient (Wildman–Crippen LogP) is 3.13. The number of rotatable bonds is 5. The number of Topliss-reactive ketones (excluding diaryl/α,β-unsaturated/α-hetero) is 1. The Balaban J connectivity index is 2.30. The standard InChI is InChI=1S/C13H16N2OS/c1-3-10(16)9-17-13-14-11-7-5-6-8-12(11)15(13)4-2/h5-8H,3-4,9H2,1-2H3. The zero-order valence-electron chi connectivity index (χ0n) is 10.1. The van der Waals surface area contributed by atoms with E-state index in [0.29, 0.717) is 12.2 Å². The summed E-state index contributed by atoms with van der Waals surface area (Å²) in [5, 5.41) is 0.940. The minimum atomic E-state index is 0.268. The molecule has 1 aromatic heterocycles. The van der Waals surface area contributed by atoms with Gasteiger partial charge in [0.05, 0.1) is 16.8 Å². The first-order chi connectivity index (χ1) is 8.26. The second-order valence-electron chi connectivity index (χ2n) is 3.81. The number of para-hydroxylation sites is 2. The van der Waals surface area contributed by atoms with Crippen LogP contribution in [0, 0.1) is 0 Å². The van der Waals surface area contributed by atoms with E-state index in [1.54, 1.807) is 0 Å². The fourth-order valence-electron chi connectivity index (χ4n) is 1.72. The van der Waals surface area contributed by atoms with Gasteiger partial charge < -0.3 is 4.57 Å². The number of hydrogen-bond donors (Lipinski definition) is 0. The van der Waals surface area contributed by atoms with Gasteiger partial charge in [0, 0.05) is 13.0 Å². The monoisotopic (exact) mass is 248 g/mol. The van der Waals surface area contributed by atoms with Crippen LogP contribution in [0.4, 0.5) is 0 Å². The molecule has 0 aliphatic heterocycles. The van der Waals surface area contributed by atoms with Crippen molar-refractivity contribution in [3.05, 3.63) is 24.3 Å².